The molecule has 1 aliphatic carbocycles. The maximum atomic E-state index is 12.6. The van der Waals surface area contributed by atoms with Crippen molar-refractivity contribution in [1.29, 1.82) is 0 Å². The van der Waals surface area contributed by atoms with Crippen molar-refractivity contribution < 1.29 is 0 Å². The second-order valence-corrected chi connectivity index (χ2v) is 5.84. The van der Waals surface area contributed by atoms with Crippen LogP contribution in [-0.2, 0) is 12.4 Å². The van der Waals surface area contributed by atoms with E-state index >= 15 is 0 Å². The van der Waals surface area contributed by atoms with Crippen LogP contribution in [0.3, 0.4) is 0 Å². The van der Waals surface area contributed by atoms with Crippen LogP contribution in [0.25, 0.3) is 10.9 Å². The van der Waals surface area contributed by atoms with Gasteiger partial charge in [0.15, 0.2) is 0 Å². The van der Waals surface area contributed by atoms with Crippen molar-refractivity contribution in [2.75, 3.05) is 0 Å². The lowest BCUT2D eigenvalue weighted by Gasteiger charge is -2.14. The highest BCUT2D eigenvalue weighted by molar-refractivity contribution is 6.16. The van der Waals surface area contributed by atoms with Gasteiger partial charge in [-0.3, -0.25) is 9.36 Å². The van der Waals surface area contributed by atoms with Crippen LogP contribution in [0.15, 0.2) is 29.1 Å². The first-order chi connectivity index (χ1) is 9.79. The molecule has 1 aromatic heterocycles. The van der Waals surface area contributed by atoms with Crippen LogP contribution in [-0.4, -0.2) is 9.55 Å². The number of rotatable bonds is 4. The molecule has 0 spiro atoms. The number of fused-ring (bicyclic) bond motifs is 1. The highest BCUT2D eigenvalue weighted by Gasteiger charge is 2.16. The van der Waals surface area contributed by atoms with Crippen molar-refractivity contribution in [3.8, 4) is 0 Å². The molecule has 0 bridgehead atoms. The topological polar surface area (TPSA) is 34.9 Å². The van der Waals surface area contributed by atoms with E-state index in [1.807, 2.05) is 24.3 Å². The van der Waals surface area contributed by atoms with E-state index in [9.17, 15) is 4.79 Å². The summed E-state index contributed by atoms with van der Waals surface area (Å²) in [5, 5.41) is 0.688. The molecule has 0 saturated heterocycles. The van der Waals surface area contributed by atoms with E-state index in [1.54, 1.807) is 4.57 Å². The third kappa shape index (κ3) is 2.59. The van der Waals surface area contributed by atoms with Crippen molar-refractivity contribution in [1.82, 2.24) is 9.55 Å². The van der Waals surface area contributed by atoms with Crippen molar-refractivity contribution in [2.45, 2.75) is 44.5 Å². The van der Waals surface area contributed by atoms with Gasteiger partial charge in [0.2, 0.25) is 0 Å². The van der Waals surface area contributed by atoms with E-state index in [0.717, 1.165) is 24.4 Å². The van der Waals surface area contributed by atoms with Crippen LogP contribution in [0.1, 0.15) is 37.9 Å². The third-order valence-electron chi connectivity index (χ3n) is 4.30. The van der Waals surface area contributed by atoms with Gasteiger partial charge >= 0.3 is 0 Å². The molecule has 0 radical (unpaired) electrons. The molecule has 0 aliphatic heterocycles. The zero-order chi connectivity index (χ0) is 13.9. The fourth-order valence-electron chi connectivity index (χ4n) is 3.16. The summed E-state index contributed by atoms with van der Waals surface area (Å²) < 4.78 is 1.77. The Labute approximate surface area is 123 Å². The number of nitrogens with zero attached hydrogens (tertiary/aromatic N) is 2. The minimum Gasteiger partial charge on any atom is -0.295 e. The van der Waals surface area contributed by atoms with Crippen LogP contribution < -0.4 is 5.56 Å². The molecule has 1 heterocycles. The third-order valence-corrected chi connectivity index (χ3v) is 4.53. The molecule has 20 heavy (non-hydrogen) atoms. The van der Waals surface area contributed by atoms with E-state index < -0.39 is 0 Å². The lowest BCUT2D eigenvalue weighted by molar-refractivity contribution is 0.446. The summed E-state index contributed by atoms with van der Waals surface area (Å²) in [5.74, 6) is 1.73. The van der Waals surface area contributed by atoms with Crippen molar-refractivity contribution in [3.05, 3.63) is 40.4 Å². The van der Waals surface area contributed by atoms with Gasteiger partial charge < -0.3 is 0 Å². The van der Waals surface area contributed by atoms with Crippen LogP contribution in [0, 0.1) is 5.92 Å². The van der Waals surface area contributed by atoms with Gasteiger partial charge in [0.25, 0.3) is 5.56 Å². The summed E-state index contributed by atoms with van der Waals surface area (Å²) in [6.07, 6.45) is 6.32. The average molecular weight is 291 g/mol. The molecule has 1 aliphatic rings. The van der Waals surface area contributed by atoms with Crippen LogP contribution >= 0.6 is 11.6 Å². The Balaban J connectivity index is 1.95. The number of hydrogen-bond acceptors (Lipinski definition) is 2. The first-order valence-electron chi connectivity index (χ1n) is 7.34. The zero-order valence-electron chi connectivity index (χ0n) is 11.5. The molecule has 106 valence electrons. The molecule has 1 aromatic carbocycles. The number of aromatic nitrogens is 2. The minimum absolute atomic E-state index is 0.0456. The first kappa shape index (κ1) is 13.6. The predicted octanol–water partition coefficient (Wildman–Crippen LogP) is 3.72. The maximum Gasteiger partial charge on any atom is 0.261 e. The van der Waals surface area contributed by atoms with Crippen molar-refractivity contribution >= 4 is 22.5 Å². The van der Waals surface area contributed by atoms with Gasteiger partial charge in [-0.15, -0.1) is 11.6 Å². The van der Waals surface area contributed by atoms with E-state index in [4.69, 9.17) is 11.6 Å². The fourth-order valence-corrected chi connectivity index (χ4v) is 3.36. The molecule has 0 unspecified atom stereocenters. The van der Waals surface area contributed by atoms with Gasteiger partial charge in [-0.25, -0.2) is 4.98 Å². The highest BCUT2D eigenvalue weighted by Crippen LogP contribution is 2.27. The molecular formula is C16H19ClN2O. The van der Waals surface area contributed by atoms with Crippen LogP contribution in [0.4, 0.5) is 0 Å². The van der Waals surface area contributed by atoms with Gasteiger partial charge in [-0.2, -0.15) is 0 Å². The molecule has 1 saturated carbocycles. The molecule has 2 aromatic rings. The Morgan fingerprint density at radius 1 is 1.25 bits per heavy atom. The van der Waals surface area contributed by atoms with E-state index in [1.165, 1.54) is 25.7 Å². The molecular weight excluding hydrogens is 272 g/mol. The number of hydrogen-bond donors (Lipinski definition) is 0. The van der Waals surface area contributed by atoms with E-state index in [-0.39, 0.29) is 11.4 Å². The van der Waals surface area contributed by atoms with Crippen molar-refractivity contribution in [3.63, 3.8) is 0 Å². The van der Waals surface area contributed by atoms with Crippen LogP contribution in [0.5, 0.6) is 0 Å². The quantitative estimate of drug-likeness (QED) is 0.805. The monoisotopic (exact) mass is 290 g/mol. The Bertz CT molecular complexity index is 659. The fraction of sp³-hybridized carbons (Fsp3) is 0.500. The minimum atomic E-state index is 0.0456. The number of halogens is 1. The second kappa shape index (κ2) is 5.96. The summed E-state index contributed by atoms with van der Waals surface area (Å²) in [5.41, 5.74) is 0.787. The van der Waals surface area contributed by atoms with E-state index in [0.29, 0.717) is 11.2 Å². The molecule has 3 rings (SSSR count). The summed E-state index contributed by atoms with van der Waals surface area (Å²) in [6.45, 7) is 0.739. The summed E-state index contributed by atoms with van der Waals surface area (Å²) in [7, 11) is 0. The molecule has 0 amide bonds. The SMILES string of the molecule is O=c1c2ccccc2nc(CCl)n1CCC1CCCC1. The summed E-state index contributed by atoms with van der Waals surface area (Å²) >= 11 is 5.98. The van der Waals surface area contributed by atoms with Crippen LogP contribution in [0.2, 0.25) is 0 Å². The Morgan fingerprint density at radius 2 is 2.00 bits per heavy atom. The first-order valence-corrected chi connectivity index (χ1v) is 7.87. The lowest BCUT2D eigenvalue weighted by Crippen LogP contribution is -2.25. The smallest absolute Gasteiger partial charge is 0.261 e. The Kier molecular flexibility index (Phi) is 4.06. The zero-order valence-corrected chi connectivity index (χ0v) is 12.3. The molecule has 3 nitrogen and oxygen atoms in total. The molecule has 0 atom stereocenters. The normalized spacial score (nSPS) is 16.1. The Hall–Kier alpha value is -1.35. The molecule has 1 fully saturated rings. The average Bonchev–Trinajstić information content (AvgIpc) is 2.99. The number of benzene rings is 1. The summed E-state index contributed by atoms with van der Waals surface area (Å²) in [4.78, 5) is 17.1. The molecule has 4 heteroatoms. The van der Waals surface area contributed by atoms with Gasteiger partial charge in [-0.05, 0) is 24.5 Å². The standard InChI is InChI=1S/C16H19ClN2O/c17-11-15-18-14-8-4-3-7-13(14)16(20)19(15)10-9-12-5-1-2-6-12/h3-4,7-8,12H,1-2,5-6,9-11H2. The molecule has 0 N–H and O–H groups in total. The van der Waals surface area contributed by atoms with Crippen molar-refractivity contribution in [2.24, 2.45) is 5.92 Å². The lowest BCUT2D eigenvalue weighted by atomic mass is 10.0. The summed E-state index contributed by atoms with van der Waals surface area (Å²) in [6, 6.07) is 7.49. The largest absolute Gasteiger partial charge is 0.295 e. The van der Waals surface area contributed by atoms with Gasteiger partial charge in [0.05, 0.1) is 16.8 Å². The predicted molar refractivity (Wildman–Crippen MR) is 82.1 cm³/mol. The van der Waals surface area contributed by atoms with E-state index in [2.05, 4.69) is 4.98 Å². The highest BCUT2D eigenvalue weighted by atomic mass is 35.5. The second-order valence-electron chi connectivity index (χ2n) is 5.57. The van der Waals surface area contributed by atoms with Gasteiger partial charge in [0.1, 0.15) is 5.82 Å². The van der Waals surface area contributed by atoms with Gasteiger partial charge in [-0.1, -0.05) is 37.8 Å². The number of para-hydroxylation sites is 1. The number of alkyl halides is 1. The van der Waals surface area contributed by atoms with Gasteiger partial charge in [0, 0.05) is 6.54 Å². The Morgan fingerprint density at radius 3 is 2.75 bits per heavy atom. The maximum absolute atomic E-state index is 12.6.